The van der Waals surface area contributed by atoms with Crippen LogP contribution in [0.25, 0.3) is 0 Å². The van der Waals surface area contributed by atoms with E-state index in [-0.39, 0.29) is 11.5 Å². The number of phenols is 2. The van der Waals surface area contributed by atoms with Gasteiger partial charge in [0.1, 0.15) is 0 Å². The highest BCUT2D eigenvalue weighted by molar-refractivity contribution is 5.47. The van der Waals surface area contributed by atoms with Crippen molar-refractivity contribution in [3.63, 3.8) is 0 Å². The molecule has 1 saturated carbocycles. The number of aryl methyl sites for hydroxylation is 2. The Morgan fingerprint density at radius 2 is 1.43 bits per heavy atom. The van der Waals surface area contributed by atoms with Gasteiger partial charge in [-0.25, -0.2) is 0 Å². The van der Waals surface area contributed by atoms with Crippen LogP contribution in [0.1, 0.15) is 116 Å². The summed E-state index contributed by atoms with van der Waals surface area (Å²) in [7, 11) is 0. The highest BCUT2D eigenvalue weighted by atomic mass is 16.3. The molecule has 0 atom stereocenters. The fraction of sp³-hybridized carbons (Fsp3) is 0.769. The predicted octanol–water partition coefficient (Wildman–Crippen LogP) is 7.93. The summed E-state index contributed by atoms with van der Waals surface area (Å²) in [5.41, 5.74) is 3.21. The van der Waals surface area contributed by atoms with Crippen LogP contribution in [0.3, 0.4) is 0 Å². The molecular formula is C26H44O2. The Kier molecular flexibility index (Phi) is 8.71. The number of unbranched alkanes of at least 4 members (excludes halogenated alkanes) is 6. The Morgan fingerprint density at radius 3 is 2.07 bits per heavy atom. The molecule has 0 spiro atoms. The lowest BCUT2D eigenvalue weighted by atomic mass is 9.89. The largest absolute Gasteiger partial charge is 0.504 e. The average Bonchev–Trinajstić information content (AvgIpc) is 3.34. The van der Waals surface area contributed by atoms with Crippen molar-refractivity contribution in [2.45, 2.75) is 118 Å². The molecule has 2 nitrogen and oxygen atoms in total. The number of hydrogen-bond donors (Lipinski definition) is 2. The normalized spacial score (nSPS) is 15.7. The summed E-state index contributed by atoms with van der Waals surface area (Å²) in [5.74, 6) is 0.154. The van der Waals surface area contributed by atoms with Crippen LogP contribution in [-0.4, -0.2) is 10.2 Å². The van der Waals surface area contributed by atoms with Gasteiger partial charge in [-0.2, -0.15) is 0 Å². The second-order valence-corrected chi connectivity index (χ2v) is 10.8. The van der Waals surface area contributed by atoms with E-state index < -0.39 is 0 Å². The molecule has 2 heteroatoms. The first-order chi connectivity index (χ1) is 13.2. The maximum Gasteiger partial charge on any atom is 0.160 e. The highest BCUT2D eigenvalue weighted by Gasteiger charge is 2.35. The Labute approximate surface area is 173 Å². The van der Waals surface area contributed by atoms with E-state index in [1.54, 1.807) is 6.07 Å². The zero-order valence-corrected chi connectivity index (χ0v) is 18.9. The number of phenolic OH excluding ortho intramolecular Hbond substituents is 2. The topological polar surface area (TPSA) is 40.5 Å². The molecule has 0 amide bonds. The summed E-state index contributed by atoms with van der Waals surface area (Å²) in [6, 6.07) is 3.87. The molecular weight excluding hydrogens is 344 g/mol. The summed E-state index contributed by atoms with van der Waals surface area (Å²) in [5, 5.41) is 20.3. The first-order valence-corrected chi connectivity index (χ1v) is 11.7. The minimum atomic E-state index is 0.0573. The van der Waals surface area contributed by atoms with Gasteiger partial charge in [0, 0.05) is 0 Å². The lowest BCUT2D eigenvalue weighted by molar-refractivity contribution is 0.357. The van der Waals surface area contributed by atoms with E-state index >= 15 is 0 Å². The summed E-state index contributed by atoms with van der Waals surface area (Å²) in [6.07, 6.45) is 17.3. The van der Waals surface area contributed by atoms with Crippen LogP contribution in [0.15, 0.2) is 12.1 Å². The van der Waals surface area contributed by atoms with E-state index in [1.165, 1.54) is 69.8 Å². The van der Waals surface area contributed by atoms with Crippen molar-refractivity contribution in [3.05, 3.63) is 23.3 Å². The van der Waals surface area contributed by atoms with Crippen molar-refractivity contribution in [2.24, 2.45) is 10.8 Å². The van der Waals surface area contributed by atoms with Crippen molar-refractivity contribution in [3.8, 4) is 11.5 Å². The first-order valence-electron chi connectivity index (χ1n) is 11.7. The molecule has 1 fully saturated rings. The van der Waals surface area contributed by atoms with Crippen LogP contribution in [0, 0.1) is 10.8 Å². The lowest BCUT2D eigenvalue weighted by Crippen LogP contribution is -2.03. The van der Waals surface area contributed by atoms with Crippen LogP contribution in [0.5, 0.6) is 11.5 Å². The van der Waals surface area contributed by atoms with Gasteiger partial charge in [0.25, 0.3) is 0 Å². The fourth-order valence-electron chi connectivity index (χ4n) is 4.10. The molecule has 0 unspecified atom stereocenters. The highest BCUT2D eigenvalue weighted by Crippen LogP contribution is 2.49. The maximum absolute atomic E-state index is 10.2. The van der Waals surface area contributed by atoms with E-state index in [9.17, 15) is 10.2 Å². The number of aromatic hydroxyl groups is 2. The van der Waals surface area contributed by atoms with Gasteiger partial charge in [0.15, 0.2) is 11.5 Å². The minimum Gasteiger partial charge on any atom is -0.504 e. The molecule has 1 aliphatic rings. The second-order valence-electron chi connectivity index (χ2n) is 10.8. The Hall–Kier alpha value is -1.18. The third-order valence-corrected chi connectivity index (χ3v) is 6.45. The smallest absolute Gasteiger partial charge is 0.160 e. The maximum atomic E-state index is 10.2. The van der Waals surface area contributed by atoms with E-state index in [0.717, 1.165) is 31.2 Å². The summed E-state index contributed by atoms with van der Waals surface area (Å²) in [4.78, 5) is 0. The molecule has 160 valence electrons. The zero-order valence-electron chi connectivity index (χ0n) is 18.9. The van der Waals surface area contributed by atoms with Gasteiger partial charge in [-0.15, -0.1) is 0 Å². The van der Waals surface area contributed by atoms with Crippen LogP contribution in [0.4, 0.5) is 0 Å². The van der Waals surface area contributed by atoms with Crippen LogP contribution in [-0.2, 0) is 12.8 Å². The van der Waals surface area contributed by atoms with E-state index in [2.05, 4.69) is 33.8 Å². The van der Waals surface area contributed by atoms with Crippen molar-refractivity contribution < 1.29 is 10.2 Å². The van der Waals surface area contributed by atoms with Gasteiger partial charge < -0.3 is 10.2 Å². The van der Waals surface area contributed by atoms with Gasteiger partial charge in [-0.05, 0) is 79.4 Å². The summed E-state index contributed by atoms with van der Waals surface area (Å²) < 4.78 is 0. The zero-order chi connectivity index (χ0) is 20.6. The SMILES string of the molecule is CC(C)(C)CCCCCCc1cc(O)c(O)c(CCCCCCC2(C)CC2)c1. The molecule has 2 N–H and O–H groups in total. The molecule has 1 aromatic carbocycles. The molecule has 0 aliphatic heterocycles. The number of benzene rings is 1. The monoisotopic (exact) mass is 388 g/mol. The third kappa shape index (κ3) is 8.88. The first kappa shape index (κ1) is 23.1. The molecule has 2 rings (SSSR count). The van der Waals surface area contributed by atoms with Gasteiger partial charge >= 0.3 is 0 Å². The molecule has 0 bridgehead atoms. The third-order valence-electron chi connectivity index (χ3n) is 6.45. The van der Waals surface area contributed by atoms with Crippen molar-refractivity contribution in [2.75, 3.05) is 0 Å². The van der Waals surface area contributed by atoms with Crippen molar-refractivity contribution in [1.82, 2.24) is 0 Å². The van der Waals surface area contributed by atoms with Crippen LogP contribution in [0.2, 0.25) is 0 Å². The quantitative estimate of drug-likeness (QED) is 0.266. The van der Waals surface area contributed by atoms with E-state index in [4.69, 9.17) is 0 Å². The molecule has 0 saturated heterocycles. The van der Waals surface area contributed by atoms with Crippen molar-refractivity contribution in [1.29, 1.82) is 0 Å². The van der Waals surface area contributed by atoms with Gasteiger partial charge in [-0.1, -0.05) is 72.3 Å². The fourth-order valence-corrected chi connectivity index (χ4v) is 4.10. The second kappa shape index (κ2) is 10.6. The van der Waals surface area contributed by atoms with Gasteiger partial charge in [0.05, 0.1) is 0 Å². The Bertz CT molecular complexity index is 593. The summed E-state index contributed by atoms with van der Waals surface area (Å²) >= 11 is 0. The standard InChI is InChI=1S/C26H44O2/c1-25(2,3)15-11-7-5-9-13-21-19-22(24(28)23(27)20-21)14-10-6-8-12-16-26(4)17-18-26/h19-20,27-28H,5-18H2,1-4H3. The summed E-state index contributed by atoms with van der Waals surface area (Å²) in [6.45, 7) is 9.33. The van der Waals surface area contributed by atoms with Gasteiger partial charge in [0.2, 0.25) is 0 Å². The number of hydrogen-bond acceptors (Lipinski definition) is 2. The Balaban J connectivity index is 1.67. The van der Waals surface area contributed by atoms with Gasteiger partial charge in [-0.3, -0.25) is 0 Å². The van der Waals surface area contributed by atoms with Crippen LogP contribution >= 0.6 is 0 Å². The minimum absolute atomic E-state index is 0.0573. The molecule has 1 aromatic rings. The lowest BCUT2D eigenvalue weighted by Gasteiger charge is -2.17. The average molecular weight is 389 g/mol. The van der Waals surface area contributed by atoms with Crippen molar-refractivity contribution >= 4 is 0 Å². The number of rotatable bonds is 13. The molecule has 0 heterocycles. The molecule has 1 aliphatic carbocycles. The van der Waals surface area contributed by atoms with E-state index in [1.807, 2.05) is 0 Å². The predicted molar refractivity (Wildman–Crippen MR) is 120 cm³/mol. The molecule has 0 radical (unpaired) electrons. The molecule has 0 aromatic heterocycles. The van der Waals surface area contributed by atoms with E-state index in [0.29, 0.717) is 10.8 Å². The van der Waals surface area contributed by atoms with Crippen LogP contribution < -0.4 is 0 Å². The Morgan fingerprint density at radius 1 is 0.821 bits per heavy atom. The molecule has 28 heavy (non-hydrogen) atoms.